The number of hydrogen-bond acceptors (Lipinski definition) is 5. The van der Waals surface area contributed by atoms with Crippen molar-refractivity contribution in [1.29, 1.82) is 0 Å². The number of ether oxygens (including phenoxy) is 2. The Hall–Kier alpha value is -2.03. The topological polar surface area (TPSA) is 84.9 Å². The summed E-state index contributed by atoms with van der Waals surface area (Å²) in [6.45, 7) is 13.1. The molecule has 2 amide bonds. The zero-order valence-electron chi connectivity index (χ0n) is 21.7. The largest absolute Gasteiger partial charge is 0.443 e. The predicted molar refractivity (Wildman–Crippen MR) is 135 cm³/mol. The molecule has 1 aromatic rings. The average Bonchev–Trinajstić information content (AvgIpc) is 3.06. The van der Waals surface area contributed by atoms with Gasteiger partial charge in [-0.05, 0) is 60.1 Å². The summed E-state index contributed by atoms with van der Waals surface area (Å²) >= 11 is 0. The van der Waals surface area contributed by atoms with E-state index in [1.54, 1.807) is 27.9 Å². The lowest BCUT2D eigenvalue weighted by Crippen LogP contribution is -2.63. The Morgan fingerprint density at radius 1 is 1.26 bits per heavy atom. The molecule has 7 nitrogen and oxygen atoms in total. The molecule has 1 aromatic carbocycles. The molecule has 34 heavy (non-hydrogen) atoms. The van der Waals surface area contributed by atoms with Crippen LogP contribution in [0, 0.1) is 12.8 Å². The molecular weight excluding hydrogens is 452 g/mol. The van der Waals surface area contributed by atoms with Crippen LogP contribution in [0.5, 0.6) is 0 Å². The van der Waals surface area contributed by atoms with Crippen molar-refractivity contribution in [1.82, 2.24) is 9.62 Å². The number of amides is 2. The lowest BCUT2D eigenvalue weighted by molar-refractivity contribution is -0.129. The molecule has 0 spiro atoms. The van der Waals surface area contributed by atoms with Crippen molar-refractivity contribution < 1.29 is 23.3 Å². The summed E-state index contributed by atoms with van der Waals surface area (Å²) in [5, 5.41) is 0. The number of carbonyl (C=O) groups excluding carboxylic acids is 2. The molecule has 2 unspecified atom stereocenters. The van der Waals surface area contributed by atoms with E-state index in [0.717, 1.165) is 12.0 Å². The van der Waals surface area contributed by atoms with Gasteiger partial charge in [0.1, 0.15) is 16.6 Å². The summed E-state index contributed by atoms with van der Waals surface area (Å²) < 4.78 is 28.3. The first-order valence-corrected chi connectivity index (χ1v) is 13.0. The number of aryl methyl sites for hydroxylation is 1. The van der Waals surface area contributed by atoms with Gasteiger partial charge in [0.25, 0.3) is 0 Å². The second kappa shape index (κ2) is 11.6. The second-order valence-electron chi connectivity index (χ2n) is 10.1. The molecule has 1 fully saturated rings. The fourth-order valence-electron chi connectivity index (χ4n) is 4.42. The number of rotatable bonds is 9. The molecule has 2 rings (SSSR count). The SMILES string of the molecule is C/C=C\[C@@H]1CC(=O)N(C(=O)OC(C)(C)C)C1[C@@H](NS(=O)c1ccc(C)cc1)[C@](C)(CCC)OC. The van der Waals surface area contributed by atoms with Gasteiger partial charge in [0.05, 0.1) is 22.6 Å². The number of hydrogen-bond donors (Lipinski definition) is 1. The average molecular weight is 493 g/mol. The first-order chi connectivity index (χ1) is 15.9. The standard InChI is InChI=1S/C26H40N2O5S/c1-9-11-19-17-21(29)28(24(30)33-25(4,5)6)22(19)23(26(7,32-8)16-10-2)27-34(31)20-14-12-18(3)13-15-20/h9,11-15,19,22-23,27H,10,16-17H2,1-8H3/b11-9-/t19-,22?,23-,26+,34?/m1/s1. The first-order valence-electron chi connectivity index (χ1n) is 11.8. The highest BCUT2D eigenvalue weighted by Crippen LogP contribution is 2.37. The summed E-state index contributed by atoms with van der Waals surface area (Å²) in [6, 6.07) is 6.19. The van der Waals surface area contributed by atoms with Crippen LogP contribution in [0.15, 0.2) is 41.3 Å². The minimum atomic E-state index is -1.59. The number of carbonyl (C=O) groups is 2. The lowest BCUT2D eigenvalue weighted by atomic mass is 9.81. The van der Waals surface area contributed by atoms with Gasteiger partial charge >= 0.3 is 6.09 Å². The number of likely N-dealkylation sites (tertiary alicyclic amines) is 1. The molecule has 0 saturated carbocycles. The zero-order valence-corrected chi connectivity index (χ0v) is 22.5. The molecule has 0 bridgehead atoms. The van der Waals surface area contributed by atoms with E-state index in [0.29, 0.717) is 11.3 Å². The Morgan fingerprint density at radius 2 is 1.88 bits per heavy atom. The summed E-state index contributed by atoms with van der Waals surface area (Å²) in [6.07, 6.45) is 4.72. The quantitative estimate of drug-likeness (QED) is 0.495. The molecule has 8 heteroatoms. The van der Waals surface area contributed by atoms with Crippen LogP contribution < -0.4 is 4.72 Å². The summed E-state index contributed by atoms with van der Waals surface area (Å²) in [4.78, 5) is 28.1. The van der Waals surface area contributed by atoms with Crippen LogP contribution in [0.4, 0.5) is 4.79 Å². The van der Waals surface area contributed by atoms with Crippen LogP contribution in [0.2, 0.25) is 0 Å². The van der Waals surface area contributed by atoms with E-state index in [9.17, 15) is 13.8 Å². The van der Waals surface area contributed by atoms with Gasteiger partial charge in [-0.1, -0.05) is 43.2 Å². The van der Waals surface area contributed by atoms with Crippen molar-refractivity contribution in [3.8, 4) is 0 Å². The van der Waals surface area contributed by atoms with E-state index in [1.807, 2.05) is 64.1 Å². The summed E-state index contributed by atoms with van der Waals surface area (Å²) in [5.41, 5.74) is -0.497. The van der Waals surface area contributed by atoms with Crippen molar-refractivity contribution in [2.24, 2.45) is 5.92 Å². The Kier molecular flexibility index (Phi) is 9.62. The van der Waals surface area contributed by atoms with Gasteiger partial charge in [-0.2, -0.15) is 0 Å². The highest BCUT2D eigenvalue weighted by molar-refractivity contribution is 7.83. The molecule has 0 aliphatic carbocycles. The number of allylic oxidation sites excluding steroid dienone is 1. The third kappa shape index (κ3) is 6.77. The smallest absolute Gasteiger partial charge is 0.417 e. The van der Waals surface area contributed by atoms with Gasteiger partial charge in [0, 0.05) is 19.4 Å². The Morgan fingerprint density at radius 3 is 2.38 bits per heavy atom. The first kappa shape index (κ1) is 28.2. The Labute approximate surface area is 206 Å². The van der Waals surface area contributed by atoms with Crippen LogP contribution >= 0.6 is 0 Å². The monoisotopic (exact) mass is 492 g/mol. The lowest BCUT2D eigenvalue weighted by Gasteiger charge is -2.43. The van der Waals surface area contributed by atoms with E-state index in [1.165, 1.54) is 4.90 Å². The molecule has 5 atom stereocenters. The van der Waals surface area contributed by atoms with Gasteiger partial charge in [-0.15, -0.1) is 0 Å². The number of imide groups is 1. The van der Waals surface area contributed by atoms with Gasteiger partial charge in [0.15, 0.2) is 0 Å². The minimum absolute atomic E-state index is 0.162. The molecule has 1 aliphatic heterocycles. The molecule has 190 valence electrons. The fourth-order valence-corrected chi connectivity index (χ4v) is 5.56. The molecule has 0 radical (unpaired) electrons. The maximum atomic E-state index is 13.4. The van der Waals surface area contributed by atoms with Crippen molar-refractivity contribution in [3.05, 3.63) is 42.0 Å². The molecule has 1 N–H and O–H groups in total. The van der Waals surface area contributed by atoms with Crippen LogP contribution in [0.1, 0.15) is 66.4 Å². The van der Waals surface area contributed by atoms with E-state index in [4.69, 9.17) is 9.47 Å². The van der Waals surface area contributed by atoms with Crippen LogP contribution in [0.25, 0.3) is 0 Å². The fraction of sp³-hybridized carbons (Fsp3) is 0.615. The van der Waals surface area contributed by atoms with Gasteiger partial charge in [-0.3, -0.25) is 4.79 Å². The summed E-state index contributed by atoms with van der Waals surface area (Å²) in [7, 11) is 0.0186. The predicted octanol–water partition coefficient (Wildman–Crippen LogP) is 4.91. The number of benzene rings is 1. The van der Waals surface area contributed by atoms with Crippen molar-refractivity contribution in [2.75, 3.05) is 7.11 Å². The molecular formula is C26H40N2O5S. The van der Waals surface area contributed by atoms with Crippen molar-refractivity contribution in [2.45, 2.75) is 95.9 Å². The molecule has 1 saturated heterocycles. The number of methoxy groups -OCH3 is 1. The Balaban J connectivity index is 2.58. The van der Waals surface area contributed by atoms with Crippen molar-refractivity contribution in [3.63, 3.8) is 0 Å². The van der Waals surface area contributed by atoms with Gasteiger partial charge in [0.2, 0.25) is 5.91 Å². The zero-order chi connectivity index (χ0) is 25.7. The maximum absolute atomic E-state index is 13.4. The van der Waals surface area contributed by atoms with Gasteiger partial charge in [-0.25, -0.2) is 18.6 Å². The van der Waals surface area contributed by atoms with Crippen LogP contribution in [0.3, 0.4) is 0 Å². The Bertz CT molecular complexity index is 909. The number of nitrogens with one attached hydrogen (secondary N) is 1. The van der Waals surface area contributed by atoms with E-state index in [2.05, 4.69) is 4.72 Å². The summed E-state index contributed by atoms with van der Waals surface area (Å²) in [5.74, 6) is -0.589. The van der Waals surface area contributed by atoms with Crippen molar-refractivity contribution >= 4 is 23.0 Å². The maximum Gasteiger partial charge on any atom is 0.417 e. The van der Waals surface area contributed by atoms with E-state index < -0.39 is 40.4 Å². The normalized spacial score (nSPS) is 22.6. The van der Waals surface area contributed by atoms with Gasteiger partial charge < -0.3 is 9.47 Å². The highest BCUT2D eigenvalue weighted by Gasteiger charge is 2.53. The molecule has 1 aliphatic rings. The van der Waals surface area contributed by atoms with Crippen LogP contribution in [-0.4, -0.2) is 51.5 Å². The highest BCUT2D eigenvalue weighted by atomic mass is 32.2. The van der Waals surface area contributed by atoms with E-state index in [-0.39, 0.29) is 18.2 Å². The van der Waals surface area contributed by atoms with E-state index >= 15 is 0 Å². The third-order valence-corrected chi connectivity index (χ3v) is 7.30. The van der Waals surface area contributed by atoms with Crippen LogP contribution in [-0.2, 0) is 25.3 Å². The molecule has 0 aromatic heterocycles. The second-order valence-corrected chi connectivity index (χ2v) is 11.3. The third-order valence-electron chi connectivity index (χ3n) is 6.13. The number of nitrogens with zero attached hydrogens (tertiary/aromatic N) is 1. The molecule has 1 heterocycles. The minimum Gasteiger partial charge on any atom is -0.443 e.